The molecule has 19 heavy (non-hydrogen) atoms. The topological polar surface area (TPSA) is 37.3 Å². The van der Waals surface area contributed by atoms with E-state index >= 15 is 0 Å². The van der Waals surface area contributed by atoms with E-state index < -0.39 is 10.8 Å². The average molecular weight is 384 g/mol. The van der Waals surface area contributed by atoms with Gasteiger partial charge in [0.1, 0.15) is 0 Å². The number of halogens is 1. The Bertz CT molecular complexity index is 594. The summed E-state index contributed by atoms with van der Waals surface area (Å²) in [6.45, 7) is -0.108. The van der Waals surface area contributed by atoms with Crippen LogP contribution in [0.4, 0.5) is 0 Å². The van der Waals surface area contributed by atoms with Crippen LogP contribution < -0.4 is 0 Å². The highest BCUT2D eigenvalue weighted by Crippen LogP contribution is 2.30. The van der Waals surface area contributed by atoms with Crippen molar-refractivity contribution in [1.29, 1.82) is 0 Å². The van der Waals surface area contributed by atoms with E-state index in [1.54, 1.807) is 0 Å². The molecule has 0 aliphatic rings. The van der Waals surface area contributed by atoms with Crippen molar-refractivity contribution in [1.82, 2.24) is 0 Å². The summed E-state index contributed by atoms with van der Waals surface area (Å²) in [5, 5.41) is 9.36. The molecule has 0 radical (unpaired) electrons. The molecule has 2 rings (SSSR count). The molecule has 0 aliphatic heterocycles. The highest BCUT2D eigenvalue weighted by Gasteiger charge is 2.16. The van der Waals surface area contributed by atoms with Crippen molar-refractivity contribution < 1.29 is 9.32 Å². The van der Waals surface area contributed by atoms with Crippen LogP contribution in [0.15, 0.2) is 69.1 Å². The lowest BCUT2D eigenvalue weighted by Crippen LogP contribution is -2.00. The zero-order valence-electron chi connectivity index (χ0n) is 10.1. The maximum atomic E-state index is 12.7. The van der Waals surface area contributed by atoms with Crippen LogP contribution in [0.2, 0.25) is 0 Å². The SMILES string of the molecule is O=S(/C(=C(/I)CO)c1ccccc1)c1ccccc1. The summed E-state index contributed by atoms with van der Waals surface area (Å²) in [6.07, 6.45) is 0. The van der Waals surface area contributed by atoms with E-state index in [2.05, 4.69) is 0 Å². The quantitative estimate of drug-likeness (QED) is 0.819. The summed E-state index contributed by atoms with van der Waals surface area (Å²) in [4.78, 5) is 1.42. The first-order valence-corrected chi connectivity index (χ1v) is 7.98. The van der Waals surface area contributed by atoms with E-state index in [1.807, 2.05) is 83.3 Å². The zero-order chi connectivity index (χ0) is 13.7. The van der Waals surface area contributed by atoms with Crippen molar-refractivity contribution in [2.45, 2.75) is 4.90 Å². The Morgan fingerprint density at radius 3 is 2.05 bits per heavy atom. The van der Waals surface area contributed by atoms with E-state index in [0.29, 0.717) is 8.48 Å². The molecule has 0 aromatic heterocycles. The standard InChI is InChI=1S/C15H13IO2S/c16-14(11-17)15(12-7-3-1-4-8-12)19(18)13-9-5-2-6-10-13/h1-10,17H,11H2/b15-14+. The highest BCUT2D eigenvalue weighted by molar-refractivity contribution is 14.1. The van der Waals surface area contributed by atoms with Gasteiger partial charge >= 0.3 is 0 Å². The largest absolute Gasteiger partial charge is 0.391 e. The molecule has 1 atom stereocenters. The smallest absolute Gasteiger partial charge is 0.0864 e. The lowest BCUT2D eigenvalue weighted by Gasteiger charge is -2.10. The van der Waals surface area contributed by atoms with E-state index in [9.17, 15) is 9.32 Å². The minimum atomic E-state index is -1.29. The summed E-state index contributed by atoms with van der Waals surface area (Å²) in [7, 11) is -1.29. The van der Waals surface area contributed by atoms with Crippen LogP contribution in [0.25, 0.3) is 4.91 Å². The molecule has 0 amide bonds. The number of rotatable bonds is 4. The van der Waals surface area contributed by atoms with Gasteiger partial charge in [-0.2, -0.15) is 0 Å². The van der Waals surface area contributed by atoms with Crippen molar-refractivity contribution in [3.8, 4) is 0 Å². The van der Waals surface area contributed by atoms with E-state index in [4.69, 9.17) is 0 Å². The second kappa shape index (κ2) is 6.98. The summed E-state index contributed by atoms with van der Waals surface area (Å²) in [5.41, 5.74) is 0.878. The lowest BCUT2D eigenvalue weighted by molar-refractivity contribution is 0.342. The Kier molecular flexibility index (Phi) is 5.30. The fourth-order valence-corrected chi connectivity index (χ4v) is 3.85. The molecule has 2 aromatic rings. The van der Waals surface area contributed by atoms with Crippen LogP contribution in [-0.2, 0) is 10.8 Å². The normalized spacial score (nSPS) is 13.8. The van der Waals surface area contributed by atoms with Gasteiger partial charge in [-0.3, -0.25) is 0 Å². The maximum absolute atomic E-state index is 12.7. The molecule has 2 aromatic carbocycles. The number of aliphatic hydroxyl groups is 1. The minimum Gasteiger partial charge on any atom is -0.391 e. The van der Waals surface area contributed by atoms with Crippen LogP contribution in [0, 0.1) is 0 Å². The van der Waals surface area contributed by atoms with E-state index in [1.165, 1.54) is 0 Å². The summed E-state index contributed by atoms with van der Waals surface area (Å²) in [6, 6.07) is 18.8. The Hall–Kier alpha value is -0.980. The molecule has 2 nitrogen and oxygen atoms in total. The predicted molar refractivity (Wildman–Crippen MR) is 87.3 cm³/mol. The van der Waals surface area contributed by atoms with Crippen LogP contribution in [-0.4, -0.2) is 15.9 Å². The molecule has 4 heteroatoms. The van der Waals surface area contributed by atoms with Gasteiger partial charge in [0.05, 0.1) is 22.3 Å². The van der Waals surface area contributed by atoms with Crippen LogP contribution in [0.1, 0.15) is 5.56 Å². The first kappa shape index (κ1) is 14.4. The third-order valence-electron chi connectivity index (χ3n) is 2.56. The zero-order valence-corrected chi connectivity index (χ0v) is 13.1. The van der Waals surface area contributed by atoms with Gasteiger partial charge in [0, 0.05) is 8.48 Å². The monoisotopic (exact) mass is 384 g/mol. The fraction of sp³-hybridized carbons (Fsp3) is 0.0667. The first-order chi connectivity index (χ1) is 9.24. The second-order valence-corrected chi connectivity index (χ2v) is 6.56. The highest BCUT2D eigenvalue weighted by atomic mass is 127. The molecular formula is C15H13IO2S. The summed E-state index contributed by atoms with van der Waals surface area (Å²) < 4.78 is 13.4. The summed E-state index contributed by atoms with van der Waals surface area (Å²) >= 11 is 2.05. The van der Waals surface area contributed by atoms with Gasteiger partial charge in [-0.1, -0.05) is 48.5 Å². The third kappa shape index (κ3) is 3.52. The van der Waals surface area contributed by atoms with Gasteiger partial charge in [-0.15, -0.1) is 0 Å². The number of hydrogen-bond donors (Lipinski definition) is 1. The maximum Gasteiger partial charge on any atom is 0.0864 e. The average Bonchev–Trinajstić information content (AvgIpc) is 2.49. The van der Waals surface area contributed by atoms with Crippen molar-refractivity contribution in [2.75, 3.05) is 6.61 Å². The Labute approximate surface area is 128 Å². The van der Waals surface area contributed by atoms with Crippen LogP contribution in [0.5, 0.6) is 0 Å². The van der Waals surface area contributed by atoms with Crippen molar-refractivity contribution >= 4 is 38.3 Å². The van der Waals surface area contributed by atoms with Gasteiger partial charge in [-0.25, -0.2) is 4.21 Å². The van der Waals surface area contributed by atoms with Gasteiger partial charge in [0.15, 0.2) is 0 Å². The van der Waals surface area contributed by atoms with E-state index in [-0.39, 0.29) is 6.61 Å². The molecular weight excluding hydrogens is 371 g/mol. The first-order valence-electron chi connectivity index (χ1n) is 5.76. The molecule has 1 unspecified atom stereocenters. The van der Waals surface area contributed by atoms with Gasteiger partial charge in [-0.05, 0) is 40.3 Å². The number of benzene rings is 2. The number of hydrogen-bond acceptors (Lipinski definition) is 2. The Morgan fingerprint density at radius 1 is 1.00 bits per heavy atom. The van der Waals surface area contributed by atoms with E-state index in [0.717, 1.165) is 10.5 Å². The van der Waals surface area contributed by atoms with Crippen molar-refractivity contribution in [3.05, 3.63) is 69.8 Å². The van der Waals surface area contributed by atoms with Gasteiger partial charge < -0.3 is 5.11 Å². The molecule has 0 spiro atoms. The van der Waals surface area contributed by atoms with Gasteiger partial charge in [0.2, 0.25) is 0 Å². The predicted octanol–water partition coefficient (Wildman–Crippen LogP) is 3.59. The third-order valence-corrected chi connectivity index (χ3v) is 5.36. The van der Waals surface area contributed by atoms with Crippen molar-refractivity contribution in [3.63, 3.8) is 0 Å². The molecule has 0 saturated carbocycles. The molecule has 0 fully saturated rings. The molecule has 98 valence electrons. The number of aliphatic hydroxyl groups excluding tert-OH is 1. The molecule has 0 aliphatic carbocycles. The Balaban J connectivity index is 2.50. The lowest BCUT2D eigenvalue weighted by atomic mass is 10.2. The van der Waals surface area contributed by atoms with Crippen LogP contribution >= 0.6 is 22.6 Å². The van der Waals surface area contributed by atoms with Crippen LogP contribution in [0.3, 0.4) is 0 Å². The molecule has 0 bridgehead atoms. The Morgan fingerprint density at radius 2 is 1.53 bits per heavy atom. The molecule has 0 saturated heterocycles. The second-order valence-electron chi connectivity index (χ2n) is 3.84. The molecule has 0 heterocycles. The fourth-order valence-electron chi connectivity index (χ4n) is 1.69. The molecule has 1 N–H and O–H groups in total. The van der Waals surface area contributed by atoms with Gasteiger partial charge in [0.25, 0.3) is 0 Å². The van der Waals surface area contributed by atoms with Crippen molar-refractivity contribution in [2.24, 2.45) is 0 Å². The summed E-state index contributed by atoms with van der Waals surface area (Å²) in [5.74, 6) is 0. The minimum absolute atomic E-state index is 0.108.